The van der Waals surface area contributed by atoms with Gasteiger partial charge in [-0.25, -0.2) is 0 Å². The van der Waals surface area contributed by atoms with Crippen molar-refractivity contribution in [3.63, 3.8) is 0 Å². The molecule has 0 radical (unpaired) electrons. The van der Waals surface area contributed by atoms with Crippen molar-refractivity contribution in [1.29, 1.82) is 0 Å². The number of Topliss-reactive ketones (excluding diaryl/α,β-unsaturated/α-hetero) is 1. The van der Waals surface area contributed by atoms with E-state index < -0.39 is 0 Å². The van der Waals surface area contributed by atoms with E-state index in [1.54, 1.807) is 14.2 Å². The van der Waals surface area contributed by atoms with E-state index in [1.165, 1.54) is 11.1 Å². The number of benzene rings is 1. The van der Waals surface area contributed by atoms with Gasteiger partial charge >= 0.3 is 0 Å². The lowest BCUT2D eigenvalue weighted by Crippen LogP contribution is -2.18. The molecule has 0 N–H and O–H groups in total. The highest BCUT2D eigenvalue weighted by atomic mass is 16.5. The molecular formula is C15H20O3. The van der Waals surface area contributed by atoms with E-state index in [0.717, 1.165) is 23.1 Å². The number of ketones is 1. The summed E-state index contributed by atoms with van der Waals surface area (Å²) in [4.78, 5) is 12.2. The lowest BCUT2D eigenvalue weighted by Gasteiger charge is -2.13. The average molecular weight is 248 g/mol. The maximum Gasteiger partial charge on any atom is 0.192 e. The van der Waals surface area contributed by atoms with Crippen LogP contribution in [-0.4, -0.2) is 32.7 Å². The number of methoxy groups -OCH3 is 2. The molecule has 3 heteroatoms. The Morgan fingerprint density at radius 1 is 1.33 bits per heavy atom. The van der Waals surface area contributed by atoms with Crippen LogP contribution >= 0.6 is 0 Å². The van der Waals surface area contributed by atoms with E-state index in [4.69, 9.17) is 9.47 Å². The molecule has 0 fully saturated rings. The summed E-state index contributed by atoms with van der Waals surface area (Å²) < 4.78 is 10.4. The third-order valence-corrected chi connectivity index (χ3v) is 3.80. The Morgan fingerprint density at radius 3 is 2.67 bits per heavy atom. The molecular weight excluding hydrogens is 228 g/mol. The number of ether oxygens (including phenoxy) is 2. The largest absolute Gasteiger partial charge is 0.384 e. The fraction of sp³-hybridized carbons (Fsp3) is 0.533. The lowest BCUT2D eigenvalue weighted by molar-refractivity contribution is 0.0646. The van der Waals surface area contributed by atoms with Crippen molar-refractivity contribution >= 4 is 5.78 Å². The molecule has 3 nitrogen and oxygen atoms in total. The van der Waals surface area contributed by atoms with Crippen LogP contribution in [0.3, 0.4) is 0 Å². The summed E-state index contributed by atoms with van der Waals surface area (Å²) in [7, 11) is 3.30. The molecule has 1 aromatic carbocycles. The fourth-order valence-corrected chi connectivity index (χ4v) is 2.84. The summed E-state index contributed by atoms with van der Waals surface area (Å²) in [5.74, 6) is 0.128. The van der Waals surface area contributed by atoms with Crippen LogP contribution in [0.15, 0.2) is 6.07 Å². The molecule has 0 bridgehead atoms. The van der Waals surface area contributed by atoms with Gasteiger partial charge in [-0.05, 0) is 42.5 Å². The van der Waals surface area contributed by atoms with Gasteiger partial charge in [0.1, 0.15) is 6.10 Å². The minimum absolute atomic E-state index is 0.128. The van der Waals surface area contributed by atoms with Crippen molar-refractivity contribution in [1.82, 2.24) is 0 Å². The Kier molecular flexibility index (Phi) is 3.83. The van der Waals surface area contributed by atoms with Crippen molar-refractivity contribution in [3.05, 3.63) is 33.9 Å². The minimum atomic E-state index is -0.296. The summed E-state index contributed by atoms with van der Waals surface area (Å²) in [6.45, 7) is 4.82. The monoisotopic (exact) mass is 248 g/mol. The van der Waals surface area contributed by atoms with Crippen LogP contribution in [0.5, 0.6) is 0 Å². The Balaban J connectivity index is 2.44. The van der Waals surface area contributed by atoms with Crippen LogP contribution in [0.1, 0.15) is 32.6 Å². The molecule has 2 rings (SSSR count). The lowest BCUT2D eigenvalue weighted by atomic mass is 9.92. The summed E-state index contributed by atoms with van der Waals surface area (Å²) in [6.07, 6.45) is 1.26. The number of fused-ring (bicyclic) bond motifs is 1. The standard InChI is InChI=1S/C15H20O3/c1-9-7-11-8-13(18-4)15(16)14(11)10(2)12(9)5-6-17-3/h7,13H,5-6,8H2,1-4H3. The summed E-state index contributed by atoms with van der Waals surface area (Å²) in [6, 6.07) is 2.13. The van der Waals surface area contributed by atoms with Gasteiger partial charge in [0.05, 0.1) is 6.61 Å². The fourth-order valence-electron chi connectivity index (χ4n) is 2.84. The number of carbonyl (C=O) groups is 1. The molecule has 98 valence electrons. The first-order valence-corrected chi connectivity index (χ1v) is 6.28. The Hall–Kier alpha value is -1.19. The minimum Gasteiger partial charge on any atom is -0.384 e. The Bertz CT molecular complexity index is 477. The molecule has 18 heavy (non-hydrogen) atoms. The normalized spacial score (nSPS) is 18.2. The van der Waals surface area contributed by atoms with E-state index >= 15 is 0 Å². The van der Waals surface area contributed by atoms with Gasteiger partial charge in [-0.15, -0.1) is 0 Å². The number of carbonyl (C=O) groups excluding carboxylic acids is 1. The maximum atomic E-state index is 12.2. The molecule has 1 aliphatic rings. The number of hydrogen-bond acceptors (Lipinski definition) is 3. The van der Waals surface area contributed by atoms with Crippen LogP contribution in [0, 0.1) is 13.8 Å². The van der Waals surface area contributed by atoms with E-state index in [1.807, 2.05) is 6.92 Å². The molecule has 1 aromatic rings. The van der Waals surface area contributed by atoms with Gasteiger partial charge in [-0.3, -0.25) is 4.79 Å². The van der Waals surface area contributed by atoms with E-state index in [2.05, 4.69) is 13.0 Å². The van der Waals surface area contributed by atoms with E-state index in [-0.39, 0.29) is 11.9 Å². The molecule has 0 spiro atoms. The van der Waals surface area contributed by atoms with Gasteiger partial charge in [-0.1, -0.05) is 6.07 Å². The van der Waals surface area contributed by atoms with Gasteiger partial charge < -0.3 is 9.47 Å². The molecule has 1 atom stereocenters. The van der Waals surface area contributed by atoms with Gasteiger partial charge in [0.15, 0.2) is 5.78 Å². The van der Waals surface area contributed by atoms with Crippen molar-refractivity contribution in [2.24, 2.45) is 0 Å². The highest BCUT2D eigenvalue weighted by molar-refractivity contribution is 6.05. The summed E-state index contributed by atoms with van der Waals surface area (Å²) in [5.41, 5.74) is 5.58. The zero-order valence-electron chi connectivity index (χ0n) is 11.5. The van der Waals surface area contributed by atoms with Gasteiger partial charge in [-0.2, -0.15) is 0 Å². The molecule has 0 amide bonds. The van der Waals surface area contributed by atoms with Crippen molar-refractivity contribution in [2.45, 2.75) is 32.8 Å². The molecule has 0 aliphatic heterocycles. The first-order valence-electron chi connectivity index (χ1n) is 6.28. The third kappa shape index (κ3) is 2.08. The molecule has 1 unspecified atom stereocenters. The summed E-state index contributed by atoms with van der Waals surface area (Å²) in [5, 5.41) is 0. The van der Waals surface area contributed by atoms with Crippen LogP contribution in [0.4, 0.5) is 0 Å². The number of rotatable bonds is 4. The molecule has 0 saturated heterocycles. The average Bonchev–Trinajstić information content (AvgIpc) is 2.65. The number of hydrogen-bond donors (Lipinski definition) is 0. The zero-order valence-corrected chi connectivity index (χ0v) is 11.5. The summed E-state index contributed by atoms with van der Waals surface area (Å²) >= 11 is 0. The molecule has 0 saturated carbocycles. The molecule has 1 aliphatic carbocycles. The second kappa shape index (κ2) is 5.21. The second-order valence-corrected chi connectivity index (χ2v) is 4.87. The topological polar surface area (TPSA) is 35.5 Å². The van der Waals surface area contributed by atoms with Crippen LogP contribution in [-0.2, 0) is 22.3 Å². The van der Waals surface area contributed by atoms with Gasteiger partial charge in [0.25, 0.3) is 0 Å². The Labute approximate surface area is 108 Å². The van der Waals surface area contributed by atoms with E-state index in [9.17, 15) is 4.79 Å². The first kappa shape index (κ1) is 13.2. The SMILES string of the molecule is COCCc1c(C)cc2c(c1C)C(=O)C(OC)C2. The smallest absolute Gasteiger partial charge is 0.192 e. The quantitative estimate of drug-likeness (QED) is 0.819. The van der Waals surface area contributed by atoms with Crippen LogP contribution in [0.25, 0.3) is 0 Å². The zero-order chi connectivity index (χ0) is 13.3. The van der Waals surface area contributed by atoms with Crippen molar-refractivity contribution in [2.75, 3.05) is 20.8 Å². The van der Waals surface area contributed by atoms with E-state index in [0.29, 0.717) is 13.0 Å². The van der Waals surface area contributed by atoms with Crippen LogP contribution < -0.4 is 0 Å². The second-order valence-electron chi connectivity index (χ2n) is 4.87. The predicted molar refractivity (Wildman–Crippen MR) is 70.3 cm³/mol. The molecule has 0 heterocycles. The van der Waals surface area contributed by atoms with Gasteiger partial charge in [0.2, 0.25) is 0 Å². The third-order valence-electron chi connectivity index (χ3n) is 3.80. The number of aryl methyl sites for hydroxylation is 1. The molecule has 0 aromatic heterocycles. The van der Waals surface area contributed by atoms with Crippen LogP contribution in [0.2, 0.25) is 0 Å². The Morgan fingerprint density at radius 2 is 2.06 bits per heavy atom. The van der Waals surface area contributed by atoms with Crippen molar-refractivity contribution < 1.29 is 14.3 Å². The van der Waals surface area contributed by atoms with Gasteiger partial charge in [0, 0.05) is 26.2 Å². The van der Waals surface area contributed by atoms with Crippen molar-refractivity contribution in [3.8, 4) is 0 Å². The maximum absolute atomic E-state index is 12.2. The highest BCUT2D eigenvalue weighted by Crippen LogP contribution is 2.31. The highest BCUT2D eigenvalue weighted by Gasteiger charge is 2.33. The predicted octanol–water partition coefficient (Wildman–Crippen LogP) is 2.25. The first-order chi connectivity index (χ1) is 8.60.